The maximum Gasteiger partial charge on any atom is 0.246 e. The molecule has 1 unspecified atom stereocenters. The van der Waals surface area contributed by atoms with Crippen molar-refractivity contribution in [1.29, 1.82) is 0 Å². The molecule has 2 fully saturated rings. The summed E-state index contributed by atoms with van der Waals surface area (Å²) in [5, 5.41) is 2.73. The molecule has 1 atom stereocenters. The zero-order chi connectivity index (χ0) is 24.3. The van der Waals surface area contributed by atoms with Gasteiger partial charge < -0.3 is 15.0 Å². The average Bonchev–Trinajstić information content (AvgIpc) is 3.22. The molecule has 1 N–H and O–H groups in total. The lowest BCUT2D eigenvalue weighted by molar-refractivity contribution is -0.122. The number of nitrogens with zero attached hydrogens (tertiary/aromatic N) is 2. The Bertz CT molecular complexity index is 1180. The molecule has 34 heavy (non-hydrogen) atoms. The number of sulfonamides is 1. The number of carbonyl (C=O) groups excluding carboxylic acids is 2. The van der Waals surface area contributed by atoms with Gasteiger partial charge in [-0.3, -0.25) is 9.59 Å². The van der Waals surface area contributed by atoms with Crippen molar-refractivity contribution in [3.63, 3.8) is 0 Å². The van der Waals surface area contributed by atoms with E-state index in [4.69, 9.17) is 4.74 Å². The van der Waals surface area contributed by atoms with Gasteiger partial charge in [0.05, 0.1) is 18.2 Å². The highest BCUT2D eigenvalue weighted by Crippen LogP contribution is 2.32. The standard InChI is InChI=1S/C24H28FN3O5S/c1-2-33-21-11-10-18(15-22(21)34(31,32)27-12-6-3-7-13-27)26-24(30)17-14-23(29)28(16-17)20-9-5-4-8-19(20)25/h4-5,8-11,15,17H,2-3,6-7,12-14,16H2,1H3,(H,26,30). The summed E-state index contributed by atoms with van der Waals surface area (Å²) in [5.41, 5.74) is 0.430. The van der Waals surface area contributed by atoms with Crippen LogP contribution >= 0.6 is 0 Å². The van der Waals surface area contributed by atoms with Gasteiger partial charge in [0.25, 0.3) is 0 Å². The fourth-order valence-corrected chi connectivity index (χ4v) is 6.01. The molecule has 0 saturated carbocycles. The van der Waals surface area contributed by atoms with E-state index in [1.807, 2.05) is 0 Å². The zero-order valence-corrected chi connectivity index (χ0v) is 19.8. The second kappa shape index (κ2) is 10.1. The first kappa shape index (κ1) is 24.2. The van der Waals surface area contributed by atoms with Crippen LogP contribution in [0.3, 0.4) is 0 Å². The van der Waals surface area contributed by atoms with Crippen molar-refractivity contribution >= 4 is 33.2 Å². The molecule has 0 bridgehead atoms. The number of carbonyl (C=O) groups is 2. The summed E-state index contributed by atoms with van der Waals surface area (Å²) in [5.74, 6) is -1.77. The van der Waals surface area contributed by atoms with E-state index in [1.165, 1.54) is 39.5 Å². The first-order valence-electron chi connectivity index (χ1n) is 11.4. The van der Waals surface area contributed by atoms with Crippen LogP contribution in [0.2, 0.25) is 0 Å². The summed E-state index contributed by atoms with van der Waals surface area (Å²) in [6.07, 6.45) is 2.53. The van der Waals surface area contributed by atoms with Gasteiger partial charge >= 0.3 is 0 Å². The van der Waals surface area contributed by atoms with Gasteiger partial charge in [-0.1, -0.05) is 18.6 Å². The molecule has 0 radical (unpaired) electrons. The number of amides is 2. The normalized spacial score (nSPS) is 19.3. The van der Waals surface area contributed by atoms with E-state index in [9.17, 15) is 22.4 Å². The third-order valence-corrected chi connectivity index (χ3v) is 8.00. The molecule has 2 amide bonds. The fourth-order valence-electron chi connectivity index (χ4n) is 4.34. The molecule has 0 aliphatic carbocycles. The van der Waals surface area contributed by atoms with Crippen molar-refractivity contribution in [1.82, 2.24) is 4.31 Å². The molecule has 2 saturated heterocycles. The van der Waals surface area contributed by atoms with Crippen LogP contribution in [0.25, 0.3) is 0 Å². The fraction of sp³-hybridized carbons (Fsp3) is 0.417. The highest BCUT2D eigenvalue weighted by molar-refractivity contribution is 7.89. The summed E-state index contributed by atoms with van der Waals surface area (Å²) in [6.45, 7) is 3.00. The van der Waals surface area contributed by atoms with Crippen molar-refractivity contribution in [2.45, 2.75) is 37.5 Å². The summed E-state index contributed by atoms with van der Waals surface area (Å²) in [7, 11) is -3.80. The van der Waals surface area contributed by atoms with E-state index in [-0.39, 0.29) is 35.2 Å². The molecule has 2 aromatic rings. The maximum absolute atomic E-state index is 14.1. The predicted molar refractivity (Wildman–Crippen MR) is 126 cm³/mol. The lowest BCUT2D eigenvalue weighted by Gasteiger charge is -2.27. The topological polar surface area (TPSA) is 96.0 Å². The monoisotopic (exact) mass is 489 g/mol. The van der Waals surface area contributed by atoms with Gasteiger partial charge in [0, 0.05) is 31.7 Å². The minimum atomic E-state index is -3.80. The van der Waals surface area contributed by atoms with E-state index in [0.29, 0.717) is 25.4 Å². The highest BCUT2D eigenvalue weighted by Gasteiger charge is 2.36. The van der Waals surface area contributed by atoms with Gasteiger partial charge in [-0.15, -0.1) is 0 Å². The molecular formula is C24H28FN3O5S. The van der Waals surface area contributed by atoms with Crippen molar-refractivity contribution in [2.24, 2.45) is 5.92 Å². The van der Waals surface area contributed by atoms with Gasteiger partial charge in [0.15, 0.2) is 0 Å². The number of piperidine rings is 1. The van der Waals surface area contributed by atoms with Crippen molar-refractivity contribution in [3.8, 4) is 5.75 Å². The highest BCUT2D eigenvalue weighted by atomic mass is 32.2. The number of hydrogen-bond donors (Lipinski definition) is 1. The van der Waals surface area contributed by atoms with E-state index < -0.39 is 27.7 Å². The van der Waals surface area contributed by atoms with Crippen LogP contribution in [0, 0.1) is 11.7 Å². The number of halogens is 1. The number of benzene rings is 2. The van der Waals surface area contributed by atoms with Crippen LogP contribution in [0.4, 0.5) is 15.8 Å². The smallest absolute Gasteiger partial charge is 0.246 e. The van der Waals surface area contributed by atoms with Crippen LogP contribution in [0.15, 0.2) is 47.4 Å². The Kier molecular flexibility index (Phi) is 7.18. The number of para-hydroxylation sites is 1. The van der Waals surface area contributed by atoms with Crippen LogP contribution in [0.1, 0.15) is 32.6 Å². The third-order valence-electron chi connectivity index (χ3n) is 6.08. The number of nitrogens with one attached hydrogen (secondary N) is 1. The molecular weight excluding hydrogens is 461 g/mol. The Labute approximate surface area is 198 Å². The Morgan fingerprint density at radius 1 is 1.15 bits per heavy atom. The molecule has 10 heteroatoms. The quantitative estimate of drug-likeness (QED) is 0.643. The number of rotatable bonds is 7. The van der Waals surface area contributed by atoms with Crippen LogP contribution in [0.5, 0.6) is 5.75 Å². The van der Waals surface area contributed by atoms with Crippen molar-refractivity contribution < 1.29 is 27.1 Å². The largest absolute Gasteiger partial charge is 0.492 e. The second-order valence-corrected chi connectivity index (χ2v) is 10.3. The Morgan fingerprint density at radius 3 is 2.59 bits per heavy atom. The summed E-state index contributed by atoms with van der Waals surface area (Å²) in [6, 6.07) is 10.4. The molecule has 2 aromatic carbocycles. The molecule has 2 aliphatic rings. The Morgan fingerprint density at radius 2 is 1.88 bits per heavy atom. The van der Waals surface area contributed by atoms with Gasteiger partial charge in [0.1, 0.15) is 16.5 Å². The van der Waals surface area contributed by atoms with E-state index in [1.54, 1.807) is 19.1 Å². The van der Waals surface area contributed by atoms with Crippen molar-refractivity contribution in [3.05, 3.63) is 48.3 Å². The lowest BCUT2D eigenvalue weighted by Crippen LogP contribution is -2.36. The van der Waals surface area contributed by atoms with E-state index in [0.717, 1.165) is 19.3 Å². The number of ether oxygens (including phenoxy) is 1. The molecule has 8 nitrogen and oxygen atoms in total. The minimum Gasteiger partial charge on any atom is -0.492 e. The van der Waals surface area contributed by atoms with Gasteiger partial charge in [-0.05, 0) is 50.1 Å². The van der Waals surface area contributed by atoms with E-state index in [2.05, 4.69) is 5.32 Å². The first-order chi connectivity index (χ1) is 16.3. The number of anilines is 2. The van der Waals surface area contributed by atoms with Gasteiger partial charge in [-0.2, -0.15) is 4.31 Å². The Balaban J connectivity index is 1.54. The van der Waals surface area contributed by atoms with Crippen LogP contribution in [-0.2, 0) is 19.6 Å². The molecule has 182 valence electrons. The predicted octanol–water partition coefficient (Wildman–Crippen LogP) is 3.39. The summed E-state index contributed by atoms with van der Waals surface area (Å²) < 4.78 is 47.7. The zero-order valence-electron chi connectivity index (χ0n) is 19.0. The molecule has 2 aliphatic heterocycles. The van der Waals surface area contributed by atoms with E-state index >= 15 is 0 Å². The van der Waals surface area contributed by atoms with Crippen molar-refractivity contribution in [2.75, 3.05) is 36.5 Å². The SMILES string of the molecule is CCOc1ccc(NC(=O)C2CC(=O)N(c3ccccc3F)C2)cc1S(=O)(=O)N1CCCCC1. The molecule has 4 rings (SSSR count). The lowest BCUT2D eigenvalue weighted by atomic mass is 10.1. The summed E-state index contributed by atoms with van der Waals surface area (Å²) >= 11 is 0. The molecule has 2 heterocycles. The minimum absolute atomic E-state index is 0.00420. The van der Waals surface area contributed by atoms with Gasteiger partial charge in [0.2, 0.25) is 21.8 Å². The molecule has 0 spiro atoms. The molecule has 0 aromatic heterocycles. The first-order valence-corrected chi connectivity index (χ1v) is 12.9. The third kappa shape index (κ3) is 4.92. The maximum atomic E-state index is 14.1. The van der Waals surface area contributed by atoms with Gasteiger partial charge in [-0.25, -0.2) is 12.8 Å². The Hall–Kier alpha value is -2.98. The van der Waals surface area contributed by atoms with Crippen LogP contribution in [-0.4, -0.2) is 50.8 Å². The second-order valence-electron chi connectivity index (χ2n) is 8.41. The van der Waals surface area contributed by atoms with Crippen LogP contribution < -0.4 is 15.0 Å². The number of hydrogen-bond acceptors (Lipinski definition) is 5. The average molecular weight is 490 g/mol. The summed E-state index contributed by atoms with van der Waals surface area (Å²) in [4.78, 5) is 26.6.